The van der Waals surface area contributed by atoms with Gasteiger partial charge in [0.05, 0.1) is 44.9 Å². The van der Waals surface area contributed by atoms with Crippen molar-refractivity contribution in [2.45, 2.75) is 33.1 Å². The van der Waals surface area contributed by atoms with Crippen LogP contribution in [0.15, 0.2) is 36.4 Å². The summed E-state index contributed by atoms with van der Waals surface area (Å²) in [5.41, 5.74) is 1.65. The molecule has 1 aliphatic heterocycles. The molecular weight excluding hydrogens is 453 g/mol. The second-order valence-electron chi connectivity index (χ2n) is 7.85. The minimum absolute atomic E-state index is 0.0762. The summed E-state index contributed by atoms with van der Waals surface area (Å²) in [6, 6.07) is 7.26. The molecular formula is C23H19F3N4O4. The van der Waals surface area contributed by atoms with Gasteiger partial charge in [-0.05, 0) is 57.2 Å². The molecule has 2 heterocycles. The number of nitrogens with one attached hydrogen (secondary N) is 1. The monoisotopic (exact) mass is 472 g/mol. The highest BCUT2D eigenvalue weighted by molar-refractivity contribution is 6.11. The van der Waals surface area contributed by atoms with Gasteiger partial charge >= 0.3 is 12.1 Å². The van der Waals surface area contributed by atoms with E-state index in [0.29, 0.717) is 16.7 Å². The molecule has 1 N–H and O–H groups in total. The Balaban J connectivity index is 1.55. The maximum atomic E-state index is 13.0. The molecule has 0 saturated heterocycles. The van der Waals surface area contributed by atoms with E-state index in [-0.39, 0.29) is 16.9 Å². The standard InChI is InChI=1S/C23H19F3N4O4/c1-11-12(2)28-17-8-14(4-6-16(17)27-11)22(33)34-13(3)21(32)30-10-20(31)29-18-9-15(23(24,25)26)5-7-19(18)30/h4-9,13H,10H2,1-3H3,(H,29,31). The van der Waals surface area contributed by atoms with Crippen molar-refractivity contribution in [3.05, 3.63) is 58.9 Å². The molecule has 2 amide bonds. The number of amides is 2. The Bertz CT molecular complexity index is 1340. The van der Waals surface area contributed by atoms with Crippen molar-refractivity contribution in [3.8, 4) is 0 Å². The number of aryl methyl sites for hydroxylation is 2. The Morgan fingerprint density at radius 1 is 1.06 bits per heavy atom. The summed E-state index contributed by atoms with van der Waals surface area (Å²) in [5, 5.41) is 2.33. The van der Waals surface area contributed by atoms with Crippen molar-refractivity contribution < 1.29 is 32.3 Å². The highest BCUT2D eigenvalue weighted by atomic mass is 19.4. The van der Waals surface area contributed by atoms with Gasteiger partial charge in [-0.25, -0.2) is 14.8 Å². The molecule has 11 heteroatoms. The van der Waals surface area contributed by atoms with Crippen LogP contribution in [0.4, 0.5) is 24.5 Å². The number of aromatic nitrogens is 2. The lowest BCUT2D eigenvalue weighted by molar-refractivity contribution is -0.137. The van der Waals surface area contributed by atoms with E-state index < -0.39 is 42.2 Å². The van der Waals surface area contributed by atoms with Crippen LogP contribution >= 0.6 is 0 Å². The average Bonchev–Trinajstić information content (AvgIpc) is 2.77. The summed E-state index contributed by atoms with van der Waals surface area (Å²) in [6.07, 6.45) is -5.92. The second-order valence-corrected chi connectivity index (χ2v) is 7.85. The molecule has 1 aromatic heterocycles. The van der Waals surface area contributed by atoms with Gasteiger partial charge in [0.25, 0.3) is 5.91 Å². The number of alkyl halides is 3. The lowest BCUT2D eigenvalue weighted by Crippen LogP contribution is -2.47. The molecule has 2 aromatic carbocycles. The van der Waals surface area contributed by atoms with E-state index in [9.17, 15) is 27.6 Å². The van der Waals surface area contributed by atoms with E-state index in [0.717, 1.165) is 28.8 Å². The lowest BCUT2D eigenvalue weighted by atomic mass is 10.1. The largest absolute Gasteiger partial charge is 0.449 e. The van der Waals surface area contributed by atoms with Crippen molar-refractivity contribution in [2.75, 3.05) is 16.8 Å². The number of nitrogens with zero attached hydrogens (tertiary/aromatic N) is 3. The Morgan fingerprint density at radius 2 is 1.74 bits per heavy atom. The zero-order valence-electron chi connectivity index (χ0n) is 18.4. The second kappa shape index (κ2) is 8.40. The summed E-state index contributed by atoms with van der Waals surface area (Å²) < 4.78 is 44.4. The van der Waals surface area contributed by atoms with E-state index in [4.69, 9.17) is 4.74 Å². The number of benzene rings is 2. The SMILES string of the molecule is Cc1nc2ccc(C(=O)OC(C)C(=O)N3CC(=O)Nc4cc(C(F)(F)F)ccc43)cc2nc1C. The molecule has 176 valence electrons. The molecule has 0 radical (unpaired) electrons. The number of esters is 1. The summed E-state index contributed by atoms with van der Waals surface area (Å²) in [6.45, 7) is 4.51. The Labute approximate surface area is 191 Å². The Morgan fingerprint density at radius 3 is 2.41 bits per heavy atom. The van der Waals surface area contributed by atoms with Crippen LogP contribution in [-0.4, -0.2) is 40.4 Å². The number of fused-ring (bicyclic) bond motifs is 2. The third-order valence-corrected chi connectivity index (χ3v) is 5.40. The number of carbonyl (C=O) groups excluding carboxylic acids is 3. The maximum absolute atomic E-state index is 13.0. The molecule has 0 aliphatic carbocycles. The number of halogens is 3. The molecule has 0 fully saturated rings. The van der Waals surface area contributed by atoms with Crippen LogP contribution < -0.4 is 10.2 Å². The third-order valence-electron chi connectivity index (χ3n) is 5.40. The average molecular weight is 472 g/mol. The summed E-state index contributed by atoms with van der Waals surface area (Å²) in [7, 11) is 0. The van der Waals surface area contributed by atoms with Crippen LogP contribution in [0, 0.1) is 13.8 Å². The molecule has 4 rings (SSSR count). The summed E-state index contributed by atoms with van der Waals surface area (Å²) in [5.74, 6) is -2.22. The Hall–Kier alpha value is -4.02. The quantitative estimate of drug-likeness (QED) is 0.582. The molecule has 0 bridgehead atoms. The first-order valence-electron chi connectivity index (χ1n) is 10.2. The van der Waals surface area contributed by atoms with E-state index in [1.807, 2.05) is 6.92 Å². The van der Waals surface area contributed by atoms with E-state index in [1.54, 1.807) is 13.0 Å². The van der Waals surface area contributed by atoms with Gasteiger partial charge in [-0.1, -0.05) is 0 Å². The van der Waals surface area contributed by atoms with Gasteiger partial charge in [-0.15, -0.1) is 0 Å². The lowest BCUT2D eigenvalue weighted by Gasteiger charge is -2.31. The minimum atomic E-state index is -4.61. The molecule has 34 heavy (non-hydrogen) atoms. The highest BCUT2D eigenvalue weighted by Gasteiger charge is 2.35. The number of ether oxygens (including phenoxy) is 1. The van der Waals surface area contributed by atoms with Crippen molar-refractivity contribution in [2.24, 2.45) is 0 Å². The first-order valence-corrected chi connectivity index (χ1v) is 10.2. The first kappa shape index (κ1) is 23.1. The van der Waals surface area contributed by atoms with Gasteiger partial charge in [0.15, 0.2) is 6.10 Å². The molecule has 0 spiro atoms. The molecule has 1 atom stereocenters. The smallest absolute Gasteiger partial charge is 0.416 e. The molecule has 8 nitrogen and oxygen atoms in total. The van der Waals surface area contributed by atoms with Crippen molar-refractivity contribution in [3.63, 3.8) is 0 Å². The number of carbonyl (C=O) groups is 3. The maximum Gasteiger partial charge on any atom is 0.416 e. The van der Waals surface area contributed by atoms with Crippen molar-refractivity contribution in [1.82, 2.24) is 9.97 Å². The number of hydrogen-bond acceptors (Lipinski definition) is 6. The minimum Gasteiger partial charge on any atom is -0.449 e. The fourth-order valence-corrected chi connectivity index (χ4v) is 3.52. The van der Waals surface area contributed by atoms with Gasteiger partial charge in [0.1, 0.15) is 6.54 Å². The molecule has 3 aromatic rings. The first-order chi connectivity index (χ1) is 15.9. The highest BCUT2D eigenvalue weighted by Crippen LogP contribution is 2.37. The predicted octanol–water partition coefficient (Wildman–Crippen LogP) is 3.80. The van der Waals surface area contributed by atoms with Gasteiger partial charge in [0, 0.05) is 0 Å². The van der Waals surface area contributed by atoms with Crippen molar-refractivity contribution in [1.29, 1.82) is 0 Å². The molecule has 1 aliphatic rings. The van der Waals surface area contributed by atoms with Crippen LogP contribution in [0.5, 0.6) is 0 Å². The van der Waals surface area contributed by atoms with E-state index in [2.05, 4.69) is 15.3 Å². The van der Waals surface area contributed by atoms with Gasteiger partial charge in [-0.3, -0.25) is 14.5 Å². The number of hydrogen-bond donors (Lipinski definition) is 1. The summed E-state index contributed by atoms with van der Waals surface area (Å²) >= 11 is 0. The fourth-order valence-electron chi connectivity index (χ4n) is 3.52. The normalized spacial score (nSPS) is 14.4. The van der Waals surface area contributed by atoms with Crippen LogP contribution in [-0.2, 0) is 20.5 Å². The van der Waals surface area contributed by atoms with E-state index in [1.165, 1.54) is 19.1 Å². The van der Waals surface area contributed by atoms with Crippen LogP contribution in [0.25, 0.3) is 11.0 Å². The van der Waals surface area contributed by atoms with Gasteiger partial charge in [-0.2, -0.15) is 13.2 Å². The van der Waals surface area contributed by atoms with E-state index >= 15 is 0 Å². The molecule has 1 unspecified atom stereocenters. The molecule has 0 saturated carbocycles. The van der Waals surface area contributed by atoms with Gasteiger partial charge in [0.2, 0.25) is 5.91 Å². The van der Waals surface area contributed by atoms with Crippen molar-refractivity contribution >= 4 is 40.2 Å². The third kappa shape index (κ3) is 4.41. The zero-order chi connectivity index (χ0) is 24.8. The fraction of sp³-hybridized carbons (Fsp3) is 0.261. The Kier molecular flexibility index (Phi) is 5.72. The predicted molar refractivity (Wildman–Crippen MR) is 116 cm³/mol. The summed E-state index contributed by atoms with van der Waals surface area (Å²) in [4.78, 5) is 47.4. The van der Waals surface area contributed by atoms with Gasteiger partial charge < -0.3 is 10.1 Å². The van der Waals surface area contributed by atoms with Crippen LogP contribution in [0.1, 0.15) is 34.2 Å². The van der Waals surface area contributed by atoms with Crippen LogP contribution in [0.2, 0.25) is 0 Å². The van der Waals surface area contributed by atoms with Crippen LogP contribution in [0.3, 0.4) is 0 Å². The zero-order valence-corrected chi connectivity index (χ0v) is 18.4. The number of rotatable bonds is 3. The number of anilines is 2. The topological polar surface area (TPSA) is 101 Å².